The number of benzene rings is 2. The summed E-state index contributed by atoms with van der Waals surface area (Å²) in [6.07, 6.45) is 3.63. The Morgan fingerprint density at radius 1 is 0.758 bits per heavy atom. The zero-order chi connectivity index (χ0) is 23.4. The van der Waals surface area contributed by atoms with Crippen LogP contribution in [-0.2, 0) is 16.4 Å². The van der Waals surface area contributed by atoms with Crippen LogP contribution in [-0.4, -0.2) is 73.6 Å². The highest BCUT2D eigenvalue weighted by Crippen LogP contribution is 2.25. The number of carbonyl (C=O) groups excluding carboxylic acids is 2. The molecule has 2 aromatic rings. The molecule has 2 saturated heterocycles. The summed E-state index contributed by atoms with van der Waals surface area (Å²) in [5, 5.41) is 0. The Balaban J connectivity index is 1.45. The summed E-state index contributed by atoms with van der Waals surface area (Å²) in [6.45, 7) is 4.63. The molecule has 0 bridgehead atoms. The fraction of sp³-hybridized carbons (Fsp3) is 0.440. The van der Waals surface area contributed by atoms with Crippen LogP contribution in [0, 0.1) is 0 Å². The summed E-state index contributed by atoms with van der Waals surface area (Å²) in [5.41, 5.74) is 2.03. The Labute approximate surface area is 196 Å². The van der Waals surface area contributed by atoms with Gasteiger partial charge in [0.2, 0.25) is 10.0 Å². The first-order valence-electron chi connectivity index (χ1n) is 11.7. The molecule has 8 heteroatoms. The van der Waals surface area contributed by atoms with Crippen molar-refractivity contribution in [3.05, 3.63) is 65.2 Å². The van der Waals surface area contributed by atoms with Gasteiger partial charge in [0, 0.05) is 44.8 Å². The summed E-state index contributed by atoms with van der Waals surface area (Å²) in [6, 6.07) is 14.1. The molecule has 0 unspecified atom stereocenters. The van der Waals surface area contributed by atoms with E-state index >= 15 is 0 Å². The van der Waals surface area contributed by atoms with Crippen LogP contribution in [0.4, 0.5) is 0 Å². The molecule has 33 heavy (non-hydrogen) atoms. The van der Waals surface area contributed by atoms with Crippen LogP contribution in [0.1, 0.15) is 52.5 Å². The predicted molar refractivity (Wildman–Crippen MR) is 127 cm³/mol. The van der Waals surface area contributed by atoms with Crippen LogP contribution in [0.5, 0.6) is 0 Å². The normalized spacial score (nSPS) is 17.7. The van der Waals surface area contributed by atoms with E-state index in [1.807, 2.05) is 24.3 Å². The number of hydrogen-bond donors (Lipinski definition) is 0. The van der Waals surface area contributed by atoms with Crippen molar-refractivity contribution in [3.63, 3.8) is 0 Å². The Hall–Kier alpha value is -2.71. The van der Waals surface area contributed by atoms with Crippen LogP contribution >= 0.6 is 0 Å². The van der Waals surface area contributed by atoms with Gasteiger partial charge in [-0.25, -0.2) is 8.42 Å². The Morgan fingerprint density at radius 3 is 1.94 bits per heavy atom. The lowest BCUT2D eigenvalue weighted by Gasteiger charge is -2.35. The largest absolute Gasteiger partial charge is 0.335 e. The molecule has 7 nitrogen and oxygen atoms in total. The van der Waals surface area contributed by atoms with E-state index in [4.69, 9.17) is 0 Å². The summed E-state index contributed by atoms with van der Waals surface area (Å²) in [4.78, 5) is 29.6. The zero-order valence-corrected chi connectivity index (χ0v) is 19.9. The molecular weight excluding hydrogens is 438 g/mol. The van der Waals surface area contributed by atoms with Gasteiger partial charge in [-0.2, -0.15) is 4.31 Å². The van der Waals surface area contributed by atoms with E-state index in [2.05, 4.69) is 6.92 Å². The fourth-order valence-corrected chi connectivity index (χ4v) is 6.16. The van der Waals surface area contributed by atoms with Crippen molar-refractivity contribution in [2.24, 2.45) is 0 Å². The third-order valence-corrected chi connectivity index (χ3v) is 8.47. The number of sulfonamides is 1. The predicted octanol–water partition coefficient (Wildman–Crippen LogP) is 3.02. The van der Waals surface area contributed by atoms with Crippen molar-refractivity contribution in [1.82, 2.24) is 14.1 Å². The van der Waals surface area contributed by atoms with Crippen LogP contribution in [0.15, 0.2) is 53.4 Å². The Morgan fingerprint density at radius 2 is 1.33 bits per heavy atom. The van der Waals surface area contributed by atoms with Gasteiger partial charge in [-0.1, -0.05) is 37.6 Å². The van der Waals surface area contributed by atoms with E-state index in [1.54, 1.807) is 28.0 Å². The second-order valence-electron chi connectivity index (χ2n) is 8.60. The third-order valence-electron chi connectivity index (χ3n) is 6.51. The summed E-state index contributed by atoms with van der Waals surface area (Å²) < 4.78 is 28.0. The number of hydrogen-bond acceptors (Lipinski definition) is 4. The van der Waals surface area contributed by atoms with Gasteiger partial charge in [-0.15, -0.1) is 0 Å². The van der Waals surface area contributed by atoms with Gasteiger partial charge in [0.05, 0.1) is 10.5 Å². The van der Waals surface area contributed by atoms with Crippen molar-refractivity contribution in [2.45, 2.75) is 37.5 Å². The average molecular weight is 470 g/mol. The Bertz CT molecular complexity index is 1100. The monoisotopic (exact) mass is 469 g/mol. The SMILES string of the molecule is CCc1ccc(C(=O)N2CCN(C(=O)c3ccccc3S(=O)(=O)N3CCCCC3)CC2)cc1. The number of aryl methyl sites for hydroxylation is 1. The summed E-state index contributed by atoms with van der Waals surface area (Å²) >= 11 is 0. The maximum Gasteiger partial charge on any atom is 0.255 e. The molecule has 0 saturated carbocycles. The number of amides is 2. The quantitative estimate of drug-likeness (QED) is 0.674. The van der Waals surface area contributed by atoms with Gasteiger partial charge in [-0.3, -0.25) is 9.59 Å². The topological polar surface area (TPSA) is 78.0 Å². The molecule has 2 aliphatic heterocycles. The van der Waals surface area contributed by atoms with Crippen LogP contribution < -0.4 is 0 Å². The lowest BCUT2D eigenvalue weighted by atomic mass is 10.1. The first kappa shape index (κ1) is 23.4. The van der Waals surface area contributed by atoms with Crippen molar-refractivity contribution in [2.75, 3.05) is 39.3 Å². The van der Waals surface area contributed by atoms with Gasteiger partial charge in [-0.05, 0) is 49.1 Å². The van der Waals surface area contributed by atoms with Crippen LogP contribution in [0.3, 0.4) is 0 Å². The first-order valence-corrected chi connectivity index (χ1v) is 13.1. The van der Waals surface area contributed by atoms with Gasteiger partial charge in [0.15, 0.2) is 0 Å². The highest BCUT2D eigenvalue weighted by molar-refractivity contribution is 7.89. The van der Waals surface area contributed by atoms with E-state index in [0.29, 0.717) is 44.8 Å². The van der Waals surface area contributed by atoms with Crippen molar-refractivity contribution < 1.29 is 18.0 Å². The molecule has 0 radical (unpaired) electrons. The summed E-state index contributed by atoms with van der Waals surface area (Å²) in [5.74, 6) is -0.344. The molecule has 2 aromatic carbocycles. The van der Waals surface area contributed by atoms with E-state index in [1.165, 1.54) is 15.9 Å². The second kappa shape index (κ2) is 10.1. The standard InChI is InChI=1S/C25H31N3O4S/c1-2-20-10-12-21(13-11-20)24(29)26-16-18-27(19-17-26)25(30)22-8-4-5-9-23(22)33(31,32)28-14-6-3-7-15-28/h4-5,8-13H,2-3,6-7,14-19H2,1H3. The highest BCUT2D eigenvalue weighted by Gasteiger charge is 2.32. The van der Waals surface area contributed by atoms with E-state index in [0.717, 1.165) is 25.7 Å². The van der Waals surface area contributed by atoms with E-state index < -0.39 is 10.0 Å². The lowest BCUT2D eigenvalue weighted by Crippen LogP contribution is -2.50. The van der Waals surface area contributed by atoms with Gasteiger partial charge in [0.1, 0.15) is 0 Å². The second-order valence-corrected chi connectivity index (χ2v) is 10.5. The molecule has 2 aliphatic rings. The first-order chi connectivity index (χ1) is 15.9. The molecule has 2 amide bonds. The summed E-state index contributed by atoms with van der Waals surface area (Å²) in [7, 11) is -3.72. The molecule has 2 heterocycles. The van der Waals surface area contributed by atoms with E-state index in [9.17, 15) is 18.0 Å². The number of carbonyl (C=O) groups is 2. The maximum absolute atomic E-state index is 13.3. The Kier molecular flexibility index (Phi) is 7.14. The van der Waals surface area contributed by atoms with Gasteiger partial charge >= 0.3 is 0 Å². The number of nitrogens with zero attached hydrogens (tertiary/aromatic N) is 3. The molecule has 0 aromatic heterocycles. The maximum atomic E-state index is 13.3. The minimum absolute atomic E-state index is 0.0437. The fourth-order valence-electron chi connectivity index (χ4n) is 4.46. The van der Waals surface area contributed by atoms with Crippen molar-refractivity contribution >= 4 is 21.8 Å². The molecule has 0 N–H and O–H groups in total. The van der Waals surface area contributed by atoms with Gasteiger partial charge in [0.25, 0.3) is 11.8 Å². The van der Waals surface area contributed by atoms with E-state index in [-0.39, 0.29) is 22.3 Å². The minimum atomic E-state index is -3.72. The van der Waals surface area contributed by atoms with Crippen molar-refractivity contribution in [1.29, 1.82) is 0 Å². The van der Waals surface area contributed by atoms with Crippen LogP contribution in [0.25, 0.3) is 0 Å². The average Bonchev–Trinajstić information content (AvgIpc) is 2.88. The molecule has 0 spiro atoms. The minimum Gasteiger partial charge on any atom is -0.335 e. The smallest absolute Gasteiger partial charge is 0.255 e. The lowest BCUT2D eigenvalue weighted by molar-refractivity contribution is 0.0533. The number of piperazine rings is 1. The zero-order valence-electron chi connectivity index (χ0n) is 19.1. The molecule has 0 atom stereocenters. The molecular formula is C25H31N3O4S. The molecule has 0 aliphatic carbocycles. The van der Waals surface area contributed by atoms with Crippen LogP contribution in [0.2, 0.25) is 0 Å². The van der Waals surface area contributed by atoms with Crippen molar-refractivity contribution in [3.8, 4) is 0 Å². The molecule has 2 fully saturated rings. The number of rotatable bonds is 5. The highest BCUT2D eigenvalue weighted by atomic mass is 32.2. The molecule has 176 valence electrons. The van der Waals surface area contributed by atoms with Gasteiger partial charge < -0.3 is 9.80 Å². The third kappa shape index (κ3) is 4.96. The number of piperidine rings is 1. The molecule has 4 rings (SSSR count).